The normalized spacial score (nSPS) is 9.17. The smallest absolute Gasteiger partial charge is 0.177 e. The van der Waals surface area contributed by atoms with Gasteiger partial charge in [-0.15, -0.1) is 0 Å². The largest absolute Gasteiger partial charge is 0.204 e. The maximum atomic E-state index is 13.3. The van der Waals surface area contributed by atoms with Crippen molar-refractivity contribution in [1.29, 1.82) is 5.26 Å². The highest BCUT2D eigenvalue weighted by Gasteiger charge is 2.11. The fraction of sp³-hybridized carbons (Fsp3) is 0. The van der Waals surface area contributed by atoms with Gasteiger partial charge in [-0.05, 0) is 24.3 Å². The first-order chi connectivity index (χ1) is 8.72. The summed E-state index contributed by atoms with van der Waals surface area (Å²) in [5, 5.41) is 8.80. The Hall–Kier alpha value is -2.65. The fourth-order valence-corrected chi connectivity index (χ4v) is 1.43. The van der Waals surface area contributed by atoms with Crippen LogP contribution in [0.2, 0.25) is 0 Å². The summed E-state index contributed by atoms with van der Waals surface area (Å²) in [6, 6.07) is 13.0. The summed E-state index contributed by atoms with van der Waals surface area (Å²) in [6.45, 7) is 0. The van der Waals surface area contributed by atoms with Gasteiger partial charge in [-0.1, -0.05) is 30.0 Å². The van der Waals surface area contributed by atoms with Crippen LogP contribution in [0.5, 0.6) is 0 Å². The van der Waals surface area contributed by atoms with Crippen LogP contribution >= 0.6 is 0 Å². The first-order valence-electron chi connectivity index (χ1n) is 5.17. The molecule has 0 fully saturated rings. The van der Waals surface area contributed by atoms with E-state index in [1.54, 1.807) is 18.2 Å². The standard InChI is InChI=1S/C15H7F2N/c16-14-9-8-12(13(10-18)15(14)17)7-6-11-4-2-1-3-5-11/h1-5,8-9H. The minimum absolute atomic E-state index is 0.181. The first kappa shape index (κ1) is 11.8. The van der Waals surface area contributed by atoms with Crippen LogP contribution in [0.25, 0.3) is 0 Å². The van der Waals surface area contributed by atoms with Crippen LogP contribution in [0.3, 0.4) is 0 Å². The van der Waals surface area contributed by atoms with Crippen molar-refractivity contribution in [2.45, 2.75) is 0 Å². The van der Waals surface area contributed by atoms with Gasteiger partial charge in [0.2, 0.25) is 0 Å². The summed E-state index contributed by atoms with van der Waals surface area (Å²) in [7, 11) is 0. The molecule has 0 spiro atoms. The number of nitriles is 1. The van der Waals surface area contributed by atoms with Gasteiger partial charge in [-0.2, -0.15) is 5.26 Å². The summed E-state index contributed by atoms with van der Waals surface area (Å²) in [4.78, 5) is 0. The van der Waals surface area contributed by atoms with Gasteiger partial charge in [-0.25, -0.2) is 8.78 Å². The number of hydrogen-bond donors (Lipinski definition) is 0. The second-order valence-electron chi connectivity index (χ2n) is 3.51. The molecule has 0 radical (unpaired) electrons. The van der Waals surface area contributed by atoms with Crippen molar-refractivity contribution in [2.75, 3.05) is 0 Å². The van der Waals surface area contributed by atoms with Gasteiger partial charge in [-0.3, -0.25) is 0 Å². The minimum atomic E-state index is -1.16. The number of nitrogens with zero attached hydrogens (tertiary/aromatic N) is 1. The molecule has 0 aromatic heterocycles. The summed E-state index contributed by atoms with van der Waals surface area (Å²) >= 11 is 0. The van der Waals surface area contributed by atoms with E-state index in [1.165, 1.54) is 6.07 Å². The lowest BCUT2D eigenvalue weighted by molar-refractivity contribution is 0.506. The highest BCUT2D eigenvalue weighted by molar-refractivity contribution is 5.51. The van der Waals surface area contributed by atoms with Crippen LogP contribution in [0, 0.1) is 34.8 Å². The molecule has 0 bridgehead atoms. The van der Waals surface area contributed by atoms with E-state index < -0.39 is 11.6 Å². The lowest BCUT2D eigenvalue weighted by atomic mass is 10.1. The Bertz CT molecular complexity index is 673. The molecule has 0 aliphatic carbocycles. The number of rotatable bonds is 0. The zero-order valence-corrected chi connectivity index (χ0v) is 9.24. The summed E-state index contributed by atoms with van der Waals surface area (Å²) in [5.41, 5.74) is 0.560. The Kier molecular flexibility index (Phi) is 3.36. The fourth-order valence-electron chi connectivity index (χ4n) is 1.43. The highest BCUT2D eigenvalue weighted by Crippen LogP contribution is 2.15. The second-order valence-corrected chi connectivity index (χ2v) is 3.51. The van der Waals surface area contributed by atoms with E-state index in [-0.39, 0.29) is 11.1 Å². The van der Waals surface area contributed by atoms with E-state index in [2.05, 4.69) is 11.8 Å². The maximum absolute atomic E-state index is 13.3. The number of benzene rings is 2. The van der Waals surface area contributed by atoms with Crippen molar-refractivity contribution < 1.29 is 8.78 Å². The summed E-state index contributed by atoms with van der Waals surface area (Å²) < 4.78 is 26.3. The molecule has 0 heterocycles. The number of halogens is 2. The van der Waals surface area contributed by atoms with Gasteiger partial charge in [0, 0.05) is 11.1 Å². The molecule has 2 rings (SSSR count). The molecule has 2 aromatic rings. The van der Waals surface area contributed by atoms with Crippen molar-refractivity contribution in [3.8, 4) is 17.9 Å². The summed E-state index contributed by atoms with van der Waals surface area (Å²) in [5.74, 6) is 3.26. The van der Waals surface area contributed by atoms with Gasteiger partial charge in [0.15, 0.2) is 11.6 Å². The monoisotopic (exact) mass is 239 g/mol. The Morgan fingerprint density at radius 1 is 0.889 bits per heavy atom. The van der Waals surface area contributed by atoms with Crippen LogP contribution in [0.4, 0.5) is 8.78 Å². The van der Waals surface area contributed by atoms with Gasteiger partial charge in [0.1, 0.15) is 11.6 Å². The van der Waals surface area contributed by atoms with Gasteiger partial charge in [0.05, 0.1) is 0 Å². The van der Waals surface area contributed by atoms with Crippen LogP contribution in [0.15, 0.2) is 42.5 Å². The van der Waals surface area contributed by atoms with Crippen molar-refractivity contribution >= 4 is 0 Å². The second kappa shape index (κ2) is 5.12. The van der Waals surface area contributed by atoms with Crippen LogP contribution < -0.4 is 0 Å². The molecule has 0 N–H and O–H groups in total. The van der Waals surface area contributed by atoms with Crippen LogP contribution in [-0.2, 0) is 0 Å². The number of hydrogen-bond acceptors (Lipinski definition) is 1. The topological polar surface area (TPSA) is 23.8 Å². The van der Waals surface area contributed by atoms with E-state index in [9.17, 15) is 8.78 Å². The van der Waals surface area contributed by atoms with Gasteiger partial charge >= 0.3 is 0 Å². The van der Waals surface area contributed by atoms with Crippen molar-refractivity contribution in [3.05, 3.63) is 70.8 Å². The van der Waals surface area contributed by atoms with Gasteiger partial charge < -0.3 is 0 Å². The lowest BCUT2D eigenvalue weighted by Crippen LogP contribution is -1.93. The molecule has 0 saturated carbocycles. The van der Waals surface area contributed by atoms with E-state index in [0.29, 0.717) is 0 Å². The molecular weight excluding hydrogens is 232 g/mol. The Morgan fingerprint density at radius 2 is 1.61 bits per heavy atom. The van der Waals surface area contributed by atoms with E-state index in [4.69, 9.17) is 5.26 Å². The SMILES string of the molecule is N#Cc1c(C#Cc2ccccc2)ccc(F)c1F. The molecule has 0 atom stereocenters. The maximum Gasteiger partial charge on any atom is 0.177 e. The third-order valence-electron chi connectivity index (χ3n) is 2.32. The minimum Gasteiger partial charge on any atom is -0.204 e. The first-order valence-corrected chi connectivity index (χ1v) is 5.17. The lowest BCUT2D eigenvalue weighted by Gasteiger charge is -1.98. The molecule has 86 valence electrons. The molecule has 0 aliphatic rings. The molecule has 0 aliphatic heterocycles. The van der Waals surface area contributed by atoms with Crippen molar-refractivity contribution in [2.24, 2.45) is 0 Å². The summed E-state index contributed by atoms with van der Waals surface area (Å²) in [6.07, 6.45) is 0. The average molecular weight is 239 g/mol. The van der Waals surface area contributed by atoms with Crippen molar-refractivity contribution in [3.63, 3.8) is 0 Å². The molecule has 2 aromatic carbocycles. The van der Waals surface area contributed by atoms with Gasteiger partial charge in [0.25, 0.3) is 0 Å². The predicted octanol–water partition coefficient (Wildman–Crippen LogP) is 3.24. The van der Waals surface area contributed by atoms with E-state index >= 15 is 0 Å². The molecular formula is C15H7F2N. The predicted molar refractivity (Wildman–Crippen MR) is 63.5 cm³/mol. The molecule has 0 saturated heterocycles. The van der Waals surface area contributed by atoms with Crippen molar-refractivity contribution in [1.82, 2.24) is 0 Å². The Morgan fingerprint density at radius 3 is 2.28 bits per heavy atom. The van der Waals surface area contributed by atoms with Crippen LogP contribution in [-0.4, -0.2) is 0 Å². The zero-order chi connectivity index (χ0) is 13.0. The molecule has 0 unspecified atom stereocenters. The Balaban J connectivity index is 2.46. The molecule has 1 nitrogen and oxygen atoms in total. The highest BCUT2D eigenvalue weighted by atomic mass is 19.2. The Labute approximate surface area is 103 Å². The quantitative estimate of drug-likeness (QED) is 0.647. The molecule has 3 heteroatoms. The van der Waals surface area contributed by atoms with Crippen LogP contribution in [0.1, 0.15) is 16.7 Å². The third-order valence-corrected chi connectivity index (χ3v) is 2.32. The van der Waals surface area contributed by atoms with E-state index in [0.717, 1.165) is 11.6 Å². The zero-order valence-electron chi connectivity index (χ0n) is 9.24. The van der Waals surface area contributed by atoms with E-state index in [1.807, 2.05) is 18.2 Å². The third kappa shape index (κ3) is 2.36. The molecule has 0 amide bonds. The average Bonchev–Trinajstić information content (AvgIpc) is 2.41. The molecule has 18 heavy (non-hydrogen) atoms.